The Kier molecular flexibility index (Phi) is 7.38. The number of Topliss-reactive ketones (excluding diaryl/α,β-unsaturated/α-hetero) is 3. The van der Waals surface area contributed by atoms with Gasteiger partial charge in [-0.05, 0) is 60.8 Å². The molecule has 0 radical (unpaired) electrons. The predicted molar refractivity (Wildman–Crippen MR) is 149 cm³/mol. The van der Waals surface area contributed by atoms with Crippen molar-refractivity contribution in [3.05, 3.63) is 96.2 Å². The molecule has 1 unspecified atom stereocenters. The number of carbonyl (C=O) groups is 3. The summed E-state index contributed by atoms with van der Waals surface area (Å²) in [4.78, 5) is 60.3. The van der Waals surface area contributed by atoms with Gasteiger partial charge in [-0.15, -0.1) is 5.10 Å². The van der Waals surface area contributed by atoms with Crippen molar-refractivity contribution in [3.8, 4) is 11.5 Å². The maximum absolute atomic E-state index is 13.5. The molecule has 17 heteroatoms. The number of carbonyl (C=O) groups excluding carboxylic acids is 3. The van der Waals surface area contributed by atoms with Gasteiger partial charge in [-0.3, -0.25) is 34.6 Å². The zero-order chi connectivity index (χ0) is 30.5. The summed E-state index contributed by atoms with van der Waals surface area (Å²) < 4.78 is 12.6. The van der Waals surface area contributed by atoms with Crippen LogP contribution < -0.4 is 4.68 Å². The number of ketones is 3. The second-order valence-electron chi connectivity index (χ2n) is 8.81. The highest BCUT2D eigenvalue weighted by molar-refractivity contribution is 9.15. The number of allylic oxidation sites excluding steroid dienone is 2. The average molecular weight is 703 g/mol. The zero-order valence-corrected chi connectivity index (χ0v) is 24.5. The number of hydrogen-bond acceptors (Lipinski definition) is 12. The van der Waals surface area contributed by atoms with E-state index in [0.717, 1.165) is 0 Å². The molecule has 2 aliphatic rings. The lowest BCUT2D eigenvalue weighted by atomic mass is 10.1. The molecule has 1 fully saturated rings. The van der Waals surface area contributed by atoms with E-state index >= 15 is 0 Å². The highest BCUT2D eigenvalue weighted by Crippen LogP contribution is 2.39. The van der Waals surface area contributed by atoms with Crippen LogP contribution in [-0.2, 0) is 26.2 Å². The lowest BCUT2D eigenvalue weighted by Crippen LogP contribution is -2.33. The quantitative estimate of drug-likeness (QED) is 0.0696. The Morgan fingerprint density at radius 1 is 0.929 bits per heavy atom. The summed E-state index contributed by atoms with van der Waals surface area (Å²) >= 11 is 6.45. The molecule has 1 aliphatic heterocycles. The summed E-state index contributed by atoms with van der Waals surface area (Å²) in [6.45, 7) is 0. The molecule has 0 spiro atoms. The first kappa shape index (κ1) is 28.6. The number of ether oxygens (including phenoxy) is 1. The second-order valence-corrected chi connectivity index (χ2v) is 10.5. The van der Waals surface area contributed by atoms with Crippen molar-refractivity contribution in [1.82, 2.24) is 10.1 Å². The van der Waals surface area contributed by atoms with Gasteiger partial charge < -0.3 is 9.15 Å². The molecule has 15 nitrogen and oxygen atoms in total. The molecule has 2 heterocycles. The van der Waals surface area contributed by atoms with Crippen molar-refractivity contribution in [1.29, 1.82) is 0 Å². The molecule has 2 aromatic carbocycles. The lowest BCUT2D eigenvalue weighted by molar-refractivity contribution is -0.732. The van der Waals surface area contributed by atoms with Crippen molar-refractivity contribution < 1.29 is 38.1 Å². The van der Waals surface area contributed by atoms with Crippen LogP contribution in [0.1, 0.15) is 11.5 Å². The molecule has 0 amide bonds. The minimum absolute atomic E-state index is 0.0362. The van der Waals surface area contributed by atoms with E-state index in [4.69, 9.17) is 9.15 Å². The van der Waals surface area contributed by atoms with Gasteiger partial charge >= 0.3 is 5.89 Å². The maximum atomic E-state index is 13.5. The fourth-order valence-electron chi connectivity index (χ4n) is 4.09. The number of nitro groups is 2. The third kappa shape index (κ3) is 4.92. The molecule has 1 atom stereocenters. The van der Waals surface area contributed by atoms with Crippen LogP contribution in [0.15, 0.2) is 74.0 Å². The minimum atomic E-state index is -1.58. The van der Waals surface area contributed by atoms with Crippen molar-refractivity contribution >= 4 is 71.0 Å². The Bertz CT molecular complexity index is 1810. The van der Waals surface area contributed by atoms with E-state index in [2.05, 4.69) is 42.1 Å². The SMILES string of the molecule is CN1N=C(c2ccc([N+](=O)[O-])cc2)O/C1=C(/Br)C1C(=O)C(=O)/C(=C(/Br)c2oc(-c3ccc([N+](=O)[O-])cc3)n[n+]2C)C1=O. The Morgan fingerprint density at radius 2 is 1.48 bits per heavy atom. The number of hydrogen-bond donors (Lipinski definition) is 0. The van der Waals surface area contributed by atoms with E-state index in [1.54, 1.807) is 0 Å². The van der Waals surface area contributed by atoms with Gasteiger partial charge in [-0.2, -0.15) is 0 Å². The Morgan fingerprint density at radius 3 is 2.02 bits per heavy atom. The van der Waals surface area contributed by atoms with E-state index in [9.17, 15) is 34.6 Å². The van der Waals surface area contributed by atoms with Crippen LogP contribution in [0.5, 0.6) is 0 Å². The monoisotopic (exact) mass is 701 g/mol. The molecule has 1 aromatic heterocycles. The number of hydrazone groups is 1. The molecular formula is C25H15Br2N6O9+. The molecule has 42 heavy (non-hydrogen) atoms. The summed E-state index contributed by atoms with van der Waals surface area (Å²) in [6.07, 6.45) is 0. The van der Waals surface area contributed by atoms with Crippen LogP contribution in [0.3, 0.4) is 0 Å². The van der Waals surface area contributed by atoms with Crippen LogP contribution in [0.2, 0.25) is 0 Å². The van der Waals surface area contributed by atoms with Gasteiger partial charge in [0.05, 0.1) is 19.9 Å². The average Bonchev–Trinajstić information content (AvgIpc) is 3.61. The lowest BCUT2D eigenvalue weighted by Gasteiger charge is -2.12. The molecule has 1 saturated carbocycles. The van der Waals surface area contributed by atoms with Crippen LogP contribution in [0, 0.1) is 26.1 Å². The first-order valence-electron chi connectivity index (χ1n) is 11.7. The van der Waals surface area contributed by atoms with Gasteiger partial charge in [0.25, 0.3) is 17.3 Å². The van der Waals surface area contributed by atoms with E-state index in [1.165, 1.54) is 72.3 Å². The molecule has 0 bridgehead atoms. The Balaban J connectivity index is 1.45. The summed E-state index contributed by atoms with van der Waals surface area (Å²) in [5, 5.41) is 31.5. The third-order valence-electron chi connectivity index (χ3n) is 6.19. The first-order valence-corrected chi connectivity index (χ1v) is 13.3. The van der Waals surface area contributed by atoms with Crippen LogP contribution in [0.4, 0.5) is 11.4 Å². The summed E-state index contributed by atoms with van der Waals surface area (Å²) in [6, 6.07) is 10.8. The molecule has 1 aliphatic carbocycles. The van der Waals surface area contributed by atoms with E-state index in [0.29, 0.717) is 11.1 Å². The van der Waals surface area contributed by atoms with Gasteiger partial charge in [0.1, 0.15) is 10.4 Å². The van der Waals surface area contributed by atoms with Gasteiger partial charge in [-0.25, -0.2) is 5.01 Å². The number of nitro benzene ring substituents is 2. The molecule has 212 valence electrons. The zero-order valence-electron chi connectivity index (χ0n) is 21.3. The van der Waals surface area contributed by atoms with Gasteiger partial charge in [0.2, 0.25) is 23.3 Å². The minimum Gasteiger partial charge on any atom is -0.418 e. The molecule has 5 rings (SSSR count). The topological polar surface area (TPSA) is 192 Å². The Hall–Kier alpha value is -4.90. The number of halogens is 2. The smallest absolute Gasteiger partial charge is 0.415 e. The Labute approximate surface area is 251 Å². The number of aromatic nitrogens is 2. The fourth-order valence-corrected chi connectivity index (χ4v) is 5.56. The van der Waals surface area contributed by atoms with E-state index in [-0.39, 0.29) is 43.9 Å². The largest absolute Gasteiger partial charge is 0.418 e. The number of nitrogens with zero attached hydrogens (tertiary/aromatic N) is 6. The number of benzene rings is 2. The fraction of sp³-hybridized carbons (Fsp3) is 0.120. The van der Waals surface area contributed by atoms with Crippen LogP contribution >= 0.6 is 31.9 Å². The number of rotatable bonds is 6. The molecule has 0 saturated heterocycles. The first-order chi connectivity index (χ1) is 19.9. The van der Waals surface area contributed by atoms with E-state index < -0.39 is 38.7 Å². The number of aryl methyl sites for hydroxylation is 1. The van der Waals surface area contributed by atoms with Crippen LogP contribution in [-0.4, -0.2) is 50.2 Å². The molecular weight excluding hydrogens is 688 g/mol. The number of non-ortho nitro benzene ring substituents is 2. The molecule has 3 aromatic rings. The van der Waals surface area contributed by atoms with Crippen LogP contribution in [0.25, 0.3) is 15.9 Å². The van der Waals surface area contributed by atoms with Gasteiger partial charge in [0.15, 0.2) is 12.8 Å². The van der Waals surface area contributed by atoms with Gasteiger partial charge in [-0.1, -0.05) is 0 Å². The van der Waals surface area contributed by atoms with Crippen molar-refractivity contribution in [2.24, 2.45) is 18.1 Å². The second kappa shape index (κ2) is 10.8. The third-order valence-corrected chi connectivity index (χ3v) is 7.73. The predicted octanol–water partition coefficient (Wildman–Crippen LogP) is 3.31. The summed E-state index contributed by atoms with van der Waals surface area (Å²) in [5.41, 5.74) is 0.0538. The van der Waals surface area contributed by atoms with Crippen molar-refractivity contribution in [2.45, 2.75) is 0 Å². The maximum Gasteiger partial charge on any atom is 0.415 e. The van der Waals surface area contributed by atoms with Gasteiger partial charge in [0, 0.05) is 47.5 Å². The molecule has 0 N–H and O–H groups in total. The standard InChI is InChI=1S/C25H15Br2N6O9/c1-30-24(41-22(28-30)11-3-7-13(8-4-11)32(37)38)17(26)15-19(34)16(21(36)20(15)35)18(27)25-31(2)29-23(42-25)12-5-9-14(10-6-12)33(39)40/h3-10,15H,1-2H3/q+1/b18-16+,24-17+. The summed E-state index contributed by atoms with van der Waals surface area (Å²) in [5.74, 6) is -4.52. The normalized spacial score (nSPS) is 19.1. The highest BCUT2D eigenvalue weighted by Gasteiger charge is 2.51. The van der Waals surface area contributed by atoms with Crippen molar-refractivity contribution in [3.63, 3.8) is 0 Å². The highest BCUT2D eigenvalue weighted by atomic mass is 79.9. The van der Waals surface area contributed by atoms with Crippen molar-refractivity contribution in [2.75, 3.05) is 7.05 Å². The summed E-state index contributed by atoms with van der Waals surface area (Å²) in [7, 11) is 2.97. The van der Waals surface area contributed by atoms with E-state index in [1.807, 2.05) is 0 Å².